The van der Waals surface area contributed by atoms with Crippen LogP contribution in [-0.4, -0.2) is 102 Å². The minimum atomic E-state index is -3.96. The smallest absolute Gasteiger partial charge is 0.306 e. The lowest BCUT2D eigenvalue weighted by molar-refractivity contribution is -0.154. The Kier molecular flexibility index (Phi) is 12.8. The Morgan fingerprint density at radius 3 is 2.48 bits per heavy atom. The van der Waals surface area contributed by atoms with E-state index in [1.165, 1.54) is 0 Å². The van der Waals surface area contributed by atoms with Gasteiger partial charge in [-0.25, -0.2) is 13.4 Å². The fourth-order valence-electron chi connectivity index (χ4n) is 10.3. The van der Waals surface area contributed by atoms with Crippen LogP contribution in [0.5, 0.6) is 11.6 Å². The van der Waals surface area contributed by atoms with E-state index in [4.69, 9.17) is 19.2 Å². The van der Waals surface area contributed by atoms with Crippen molar-refractivity contribution in [3.8, 4) is 11.6 Å². The number of hydrogen-bond acceptors (Lipinski definition) is 11. The van der Waals surface area contributed by atoms with Crippen LogP contribution in [0.4, 0.5) is 0 Å². The van der Waals surface area contributed by atoms with E-state index in [9.17, 15) is 27.6 Å². The zero-order valence-electron chi connectivity index (χ0n) is 38.0. The number of rotatable bonds is 11. The third kappa shape index (κ3) is 9.68. The van der Waals surface area contributed by atoms with Gasteiger partial charge in [-0.15, -0.1) is 6.58 Å². The maximum atomic E-state index is 15.0. The van der Waals surface area contributed by atoms with Crippen LogP contribution in [0.1, 0.15) is 130 Å². The summed E-state index contributed by atoms with van der Waals surface area (Å²) in [6.45, 7) is 16.5. The molecular formula is C49H68N4O9S. The maximum absolute atomic E-state index is 15.0. The molecule has 13 nitrogen and oxygen atoms in total. The Morgan fingerprint density at radius 2 is 1.79 bits per heavy atom. The van der Waals surface area contributed by atoms with Crippen molar-refractivity contribution in [3.05, 3.63) is 42.5 Å². The number of carbonyl (C=O) groups excluding carboxylic acids is 4. The van der Waals surface area contributed by atoms with Crippen LogP contribution in [-0.2, 0) is 40.4 Å². The van der Waals surface area contributed by atoms with E-state index in [0.717, 1.165) is 93.2 Å². The van der Waals surface area contributed by atoms with E-state index in [1.54, 1.807) is 17.9 Å². The SMILES string of the molecule is C=C[C@@H]1C[C@]1(CC(=O)[C@@H]1C[C@@H]2CN1C(=O)[C@H](C(C)(C)C)CC(=O)O[C@@H]1C[C@H]1CCCCCc1c(nc3ccccc3c1OC1CCN(CCC)CC1)O2)C(=O)NS(=O)(=O)C1(C)CC1. The number of sulfonamides is 1. The highest BCUT2D eigenvalue weighted by atomic mass is 32.2. The minimum absolute atomic E-state index is 0.0277. The van der Waals surface area contributed by atoms with Crippen molar-refractivity contribution in [3.63, 3.8) is 0 Å². The molecule has 3 saturated carbocycles. The van der Waals surface area contributed by atoms with E-state index in [0.29, 0.717) is 31.1 Å². The van der Waals surface area contributed by atoms with Crippen LogP contribution in [0.15, 0.2) is 36.9 Å². The largest absolute Gasteiger partial charge is 0.489 e. The highest BCUT2D eigenvalue weighted by Gasteiger charge is 2.62. The summed E-state index contributed by atoms with van der Waals surface area (Å²) < 4.78 is 47.7. The maximum Gasteiger partial charge on any atom is 0.306 e. The molecule has 0 spiro atoms. The molecule has 1 N–H and O–H groups in total. The number of hydrogen-bond donors (Lipinski definition) is 1. The summed E-state index contributed by atoms with van der Waals surface area (Å²) in [5, 5.41) is 0.924. The number of para-hydroxylation sites is 1. The van der Waals surface area contributed by atoms with E-state index in [1.807, 2.05) is 39.0 Å². The molecule has 14 heteroatoms. The molecule has 5 fully saturated rings. The van der Waals surface area contributed by atoms with E-state index in [-0.39, 0.29) is 56.1 Å². The van der Waals surface area contributed by atoms with Crippen LogP contribution >= 0.6 is 0 Å². The van der Waals surface area contributed by atoms with Crippen LogP contribution in [0, 0.1) is 28.6 Å². The van der Waals surface area contributed by atoms with Gasteiger partial charge in [0.1, 0.15) is 24.1 Å². The van der Waals surface area contributed by atoms with Crippen LogP contribution in [0.3, 0.4) is 0 Å². The fraction of sp³-hybridized carbons (Fsp3) is 0.694. The van der Waals surface area contributed by atoms with Crippen molar-refractivity contribution < 1.29 is 41.8 Å². The van der Waals surface area contributed by atoms with Gasteiger partial charge < -0.3 is 24.0 Å². The molecule has 3 aliphatic carbocycles. The molecule has 0 unspecified atom stereocenters. The molecule has 2 bridgehead atoms. The molecule has 3 aliphatic heterocycles. The molecular weight excluding hydrogens is 821 g/mol. The summed E-state index contributed by atoms with van der Waals surface area (Å²) in [6, 6.07) is 6.95. The lowest BCUT2D eigenvalue weighted by atomic mass is 9.77. The number of pyridine rings is 1. The molecule has 0 radical (unpaired) electrons. The van der Waals surface area contributed by atoms with Crippen LogP contribution < -0.4 is 14.2 Å². The molecule has 2 aromatic rings. The zero-order valence-corrected chi connectivity index (χ0v) is 38.8. The van der Waals surface area contributed by atoms with Crippen molar-refractivity contribution in [2.75, 3.05) is 26.2 Å². The second kappa shape index (κ2) is 17.7. The number of carbonyl (C=O) groups is 4. The average molecular weight is 889 g/mol. The second-order valence-electron chi connectivity index (χ2n) is 20.9. The van der Waals surface area contributed by atoms with Crippen LogP contribution in [0.2, 0.25) is 0 Å². The summed E-state index contributed by atoms with van der Waals surface area (Å²) in [6.07, 6.45) is 9.90. The summed E-state index contributed by atoms with van der Waals surface area (Å²) in [5.74, 6) is -1.56. The van der Waals surface area contributed by atoms with Gasteiger partial charge >= 0.3 is 5.97 Å². The zero-order chi connectivity index (χ0) is 44.9. The predicted molar refractivity (Wildman–Crippen MR) is 239 cm³/mol. The Morgan fingerprint density at radius 1 is 1.05 bits per heavy atom. The number of esters is 1. The molecule has 1 aromatic carbocycles. The number of allylic oxidation sites excluding steroid dienone is 1. The third-order valence-electron chi connectivity index (χ3n) is 15.0. The van der Waals surface area contributed by atoms with Gasteiger partial charge in [-0.1, -0.05) is 58.7 Å². The molecule has 1 aromatic heterocycles. The standard InChI is InChI=1S/C49H68N4O9S/c1-7-22-52-23-18-33(19-24-52)60-43-35-15-12-13-17-38(35)50-44-36(43)16-11-9-10-14-31-25-41(31)62-42(55)27-37(47(3,4)5)45(56)53-30-34(61-44)26-39(53)40(54)29-49(28-32(49)8-2)46(57)51-63(58,59)48(6)20-21-48/h8,12-13,15,17,31-34,37,39,41H,2,7,9-11,14,16,18-30H2,1,3-6H3,(H,51,57)/t31-,32-,34-,37-,39+,41-,49-/m1/s1. The number of aromatic nitrogens is 1. The number of Topliss-reactive ketones (excluding diaryl/α,β-unsaturated/α-hetero) is 1. The van der Waals surface area contributed by atoms with Gasteiger partial charge in [0, 0.05) is 31.3 Å². The lowest BCUT2D eigenvalue weighted by Gasteiger charge is -2.35. The van der Waals surface area contributed by atoms with Crippen molar-refractivity contribution in [1.29, 1.82) is 0 Å². The van der Waals surface area contributed by atoms with Crippen molar-refractivity contribution in [2.45, 2.75) is 160 Å². The van der Waals surface area contributed by atoms with Gasteiger partial charge in [0.15, 0.2) is 5.78 Å². The van der Waals surface area contributed by atoms with Gasteiger partial charge in [-0.05, 0) is 107 Å². The number of ether oxygens (including phenoxy) is 3. The summed E-state index contributed by atoms with van der Waals surface area (Å²) in [5.41, 5.74) is -0.361. The summed E-state index contributed by atoms with van der Waals surface area (Å²) >= 11 is 0. The molecule has 6 aliphatic rings. The van der Waals surface area contributed by atoms with Gasteiger partial charge in [-0.3, -0.25) is 23.9 Å². The number of ketones is 1. The lowest BCUT2D eigenvalue weighted by Crippen LogP contribution is -2.49. The normalized spacial score (nSPS) is 30.5. The van der Waals surface area contributed by atoms with Crippen molar-refractivity contribution >= 4 is 44.5 Å². The first-order chi connectivity index (χ1) is 29.9. The molecule has 2 saturated heterocycles. The molecule has 344 valence electrons. The van der Waals surface area contributed by atoms with Crippen molar-refractivity contribution in [1.82, 2.24) is 19.5 Å². The Bertz CT molecular complexity index is 2210. The second-order valence-corrected chi connectivity index (χ2v) is 23.1. The van der Waals surface area contributed by atoms with E-state index in [2.05, 4.69) is 29.2 Å². The Labute approximate surface area is 373 Å². The monoisotopic (exact) mass is 888 g/mol. The first kappa shape index (κ1) is 45.5. The summed E-state index contributed by atoms with van der Waals surface area (Å²) in [4.78, 5) is 66.4. The quantitative estimate of drug-likeness (QED) is 0.181. The highest BCUT2D eigenvalue weighted by Crippen LogP contribution is 2.57. The minimum Gasteiger partial charge on any atom is -0.489 e. The molecule has 8 rings (SSSR count). The number of nitrogens with one attached hydrogen (secondary N) is 1. The first-order valence-electron chi connectivity index (χ1n) is 23.6. The number of fused-ring (bicyclic) bond motifs is 5. The fourth-order valence-corrected chi connectivity index (χ4v) is 11.6. The Hall–Kier alpha value is -4.04. The first-order valence-corrected chi connectivity index (χ1v) is 25.1. The molecule has 2 amide bonds. The average Bonchev–Trinajstić information content (AvgIpc) is 4.20. The van der Waals surface area contributed by atoms with Gasteiger partial charge in [-0.2, -0.15) is 0 Å². The summed E-state index contributed by atoms with van der Waals surface area (Å²) in [7, 11) is -3.96. The Balaban J connectivity index is 1.14. The van der Waals surface area contributed by atoms with Crippen LogP contribution in [0.25, 0.3) is 10.9 Å². The topological polar surface area (TPSA) is 162 Å². The van der Waals surface area contributed by atoms with Gasteiger partial charge in [0.25, 0.3) is 0 Å². The van der Waals surface area contributed by atoms with E-state index < -0.39 is 61.5 Å². The third-order valence-corrected chi connectivity index (χ3v) is 17.2. The number of likely N-dealkylation sites (tertiary alicyclic amines) is 1. The number of amides is 2. The molecule has 7 atom stereocenters. The van der Waals surface area contributed by atoms with Gasteiger partial charge in [0.05, 0.1) is 46.2 Å². The van der Waals surface area contributed by atoms with Gasteiger partial charge in [0.2, 0.25) is 27.7 Å². The number of nitrogens with zero attached hydrogens (tertiary/aromatic N) is 3. The van der Waals surface area contributed by atoms with E-state index >= 15 is 0 Å². The molecule has 4 heterocycles. The molecule has 63 heavy (non-hydrogen) atoms. The predicted octanol–water partition coefficient (Wildman–Crippen LogP) is 7.09. The highest BCUT2D eigenvalue weighted by molar-refractivity contribution is 7.91. The number of piperidine rings is 1. The number of benzene rings is 1. The van der Waals surface area contributed by atoms with Crippen molar-refractivity contribution in [2.24, 2.45) is 28.6 Å².